The van der Waals surface area contributed by atoms with Gasteiger partial charge < -0.3 is 21.1 Å². The standard InChI is InChI=1S/C27H33N3O4/c31-25(30-24(27(33)34)14-18-6-2-1-3-7-18)20-12-10-19(11-13-20)16-29-26(32)23-15-21-8-4-5-9-22(21)17-28-23/h1-9,19-20,23-24,28H,10-17H2,(H,29,32)(H,30,31)(H,33,34)/t19?,20?,23-,24+/m0/s1. The first-order valence-corrected chi connectivity index (χ1v) is 12.1. The second kappa shape index (κ2) is 11.3. The van der Waals surface area contributed by atoms with Crippen molar-refractivity contribution in [2.45, 2.75) is 57.2 Å². The second-order valence-corrected chi connectivity index (χ2v) is 9.46. The molecule has 1 aliphatic carbocycles. The zero-order valence-corrected chi connectivity index (χ0v) is 19.3. The van der Waals surface area contributed by atoms with Gasteiger partial charge in [-0.1, -0.05) is 54.6 Å². The van der Waals surface area contributed by atoms with Crippen LogP contribution in [0.4, 0.5) is 0 Å². The van der Waals surface area contributed by atoms with Gasteiger partial charge in [0, 0.05) is 25.4 Å². The Morgan fingerprint density at radius 1 is 0.912 bits per heavy atom. The molecule has 2 aliphatic rings. The molecule has 2 atom stereocenters. The molecule has 1 fully saturated rings. The number of amides is 2. The largest absolute Gasteiger partial charge is 0.480 e. The SMILES string of the molecule is O=C(N[C@H](Cc1ccccc1)C(=O)O)C1CCC(CNC(=O)[C@@H]2Cc3ccccc3CN2)CC1. The maximum absolute atomic E-state index is 12.7. The molecule has 1 heterocycles. The van der Waals surface area contributed by atoms with Crippen molar-refractivity contribution in [2.24, 2.45) is 11.8 Å². The number of carboxylic acid groups (broad SMARTS) is 1. The van der Waals surface area contributed by atoms with Crippen LogP contribution in [-0.4, -0.2) is 41.5 Å². The highest BCUT2D eigenvalue weighted by Gasteiger charge is 2.30. The van der Waals surface area contributed by atoms with Gasteiger partial charge in [-0.05, 0) is 54.7 Å². The van der Waals surface area contributed by atoms with Crippen molar-refractivity contribution in [3.63, 3.8) is 0 Å². The first kappa shape index (κ1) is 24.0. The van der Waals surface area contributed by atoms with E-state index in [4.69, 9.17) is 0 Å². The average molecular weight is 464 g/mol. The summed E-state index contributed by atoms with van der Waals surface area (Å²) in [5, 5.41) is 18.7. The summed E-state index contributed by atoms with van der Waals surface area (Å²) in [4.78, 5) is 37.1. The van der Waals surface area contributed by atoms with Crippen molar-refractivity contribution < 1.29 is 19.5 Å². The Balaban J connectivity index is 1.20. The summed E-state index contributed by atoms with van der Waals surface area (Å²) in [5.41, 5.74) is 3.35. The summed E-state index contributed by atoms with van der Waals surface area (Å²) < 4.78 is 0. The summed E-state index contributed by atoms with van der Waals surface area (Å²) in [7, 11) is 0. The maximum Gasteiger partial charge on any atom is 0.326 e. The van der Waals surface area contributed by atoms with Crippen LogP contribution < -0.4 is 16.0 Å². The molecular formula is C27H33N3O4. The number of fused-ring (bicyclic) bond motifs is 1. The molecule has 4 rings (SSSR count). The summed E-state index contributed by atoms with van der Waals surface area (Å²) in [6.07, 6.45) is 4.06. The summed E-state index contributed by atoms with van der Waals surface area (Å²) >= 11 is 0. The molecule has 0 spiro atoms. The van der Waals surface area contributed by atoms with Gasteiger partial charge in [-0.25, -0.2) is 4.79 Å². The quantitative estimate of drug-likeness (QED) is 0.481. The van der Waals surface area contributed by atoms with E-state index in [2.05, 4.69) is 28.1 Å². The second-order valence-electron chi connectivity index (χ2n) is 9.46. The molecule has 1 aliphatic heterocycles. The van der Waals surface area contributed by atoms with Crippen LogP contribution in [0.15, 0.2) is 54.6 Å². The molecule has 0 saturated heterocycles. The minimum absolute atomic E-state index is 0.0274. The lowest BCUT2D eigenvalue weighted by molar-refractivity contribution is -0.142. The number of rotatable bonds is 8. The lowest BCUT2D eigenvalue weighted by Crippen LogP contribution is -2.49. The third-order valence-electron chi connectivity index (χ3n) is 7.08. The van der Waals surface area contributed by atoms with Gasteiger partial charge in [0.1, 0.15) is 6.04 Å². The molecule has 2 aromatic rings. The van der Waals surface area contributed by atoms with Gasteiger partial charge >= 0.3 is 5.97 Å². The van der Waals surface area contributed by atoms with Gasteiger partial charge in [0.25, 0.3) is 0 Å². The summed E-state index contributed by atoms with van der Waals surface area (Å²) in [5.74, 6) is -1.02. The van der Waals surface area contributed by atoms with Crippen LogP contribution in [0.3, 0.4) is 0 Å². The minimum Gasteiger partial charge on any atom is -0.480 e. The van der Waals surface area contributed by atoms with E-state index in [9.17, 15) is 19.5 Å². The van der Waals surface area contributed by atoms with E-state index in [1.807, 2.05) is 42.5 Å². The molecule has 2 aromatic carbocycles. The average Bonchev–Trinajstić information content (AvgIpc) is 2.87. The smallest absolute Gasteiger partial charge is 0.326 e. The first-order chi connectivity index (χ1) is 16.5. The Morgan fingerprint density at radius 3 is 2.29 bits per heavy atom. The van der Waals surface area contributed by atoms with E-state index in [-0.39, 0.29) is 30.2 Å². The van der Waals surface area contributed by atoms with E-state index < -0.39 is 12.0 Å². The maximum atomic E-state index is 12.7. The van der Waals surface area contributed by atoms with Crippen molar-refractivity contribution in [2.75, 3.05) is 6.54 Å². The number of carboxylic acids is 1. The molecule has 2 amide bonds. The lowest BCUT2D eigenvalue weighted by Gasteiger charge is -2.30. The molecule has 0 unspecified atom stereocenters. The topological polar surface area (TPSA) is 108 Å². The van der Waals surface area contributed by atoms with Gasteiger partial charge in [-0.15, -0.1) is 0 Å². The molecule has 0 radical (unpaired) electrons. The van der Waals surface area contributed by atoms with Crippen molar-refractivity contribution in [3.8, 4) is 0 Å². The van der Waals surface area contributed by atoms with E-state index in [1.54, 1.807) is 0 Å². The molecule has 1 saturated carbocycles. The van der Waals surface area contributed by atoms with Crippen LogP contribution in [-0.2, 0) is 33.8 Å². The Morgan fingerprint density at radius 2 is 1.59 bits per heavy atom. The zero-order chi connectivity index (χ0) is 23.9. The number of benzene rings is 2. The number of hydrogen-bond acceptors (Lipinski definition) is 4. The van der Waals surface area contributed by atoms with Gasteiger partial charge in [-0.3, -0.25) is 9.59 Å². The van der Waals surface area contributed by atoms with E-state index in [0.717, 1.165) is 18.4 Å². The fraction of sp³-hybridized carbons (Fsp3) is 0.444. The molecule has 0 aromatic heterocycles. The number of nitrogens with one attached hydrogen (secondary N) is 3. The number of carbonyl (C=O) groups excluding carboxylic acids is 2. The summed E-state index contributed by atoms with van der Waals surface area (Å²) in [6, 6.07) is 16.4. The zero-order valence-electron chi connectivity index (χ0n) is 19.3. The van der Waals surface area contributed by atoms with Crippen LogP contribution >= 0.6 is 0 Å². The first-order valence-electron chi connectivity index (χ1n) is 12.1. The predicted molar refractivity (Wildman–Crippen MR) is 129 cm³/mol. The lowest BCUT2D eigenvalue weighted by atomic mass is 9.81. The van der Waals surface area contributed by atoms with Crippen molar-refractivity contribution in [3.05, 3.63) is 71.3 Å². The highest BCUT2D eigenvalue weighted by molar-refractivity contribution is 5.85. The van der Waals surface area contributed by atoms with Crippen LogP contribution in [0.5, 0.6) is 0 Å². The minimum atomic E-state index is -1.02. The van der Waals surface area contributed by atoms with E-state index >= 15 is 0 Å². The Kier molecular flexibility index (Phi) is 7.95. The predicted octanol–water partition coefficient (Wildman–Crippen LogP) is 2.44. The summed E-state index contributed by atoms with van der Waals surface area (Å²) in [6.45, 7) is 1.31. The van der Waals surface area contributed by atoms with Gasteiger partial charge in [-0.2, -0.15) is 0 Å². The molecule has 4 N–H and O–H groups in total. The fourth-order valence-corrected chi connectivity index (χ4v) is 4.98. The number of carbonyl (C=O) groups is 3. The number of aliphatic carboxylic acids is 1. The Bertz CT molecular complexity index is 1000. The normalized spacial score (nSPS) is 22.8. The number of hydrogen-bond donors (Lipinski definition) is 4. The highest BCUT2D eigenvalue weighted by atomic mass is 16.4. The highest BCUT2D eigenvalue weighted by Crippen LogP contribution is 2.29. The fourth-order valence-electron chi connectivity index (χ4n) is 4.98. The molecule has 0 bridgehead atoms. The van der Waals surface area contributed by atoms with Gasteiger partial charge in [0.2, 0.25) is 11.8 Å². The van der Waals surface area contributed by atoms with Crippen LogP contribution in [0, 0.1) is 11.8 Å². The molecular weight excluding hydrogens is 430 g/mol. The third kappa shape index (κ3) is 6.23. The van der Waals surface area contributed by atoms with Crippen molar-refractivity contribution in [1.82, 2.24) is 16.0 Å². The van der Waals surface area contributed by atoms with Crippen molar-refractivity contribution >= 4 is 17.8 Å². The third-order valence-corrected chi connectivity index (χ3v) is 7.08. The van der Waals surface area contributed by atoms with E-state index in [0.29, 0.717) is 38.3 Å². The molecule has 180 valence electrons. The van der Waals surface area contributed by atoms with E-state index in [1.165, 1.54) is 11.1 Å². The molecule has 7 nitrogen and oxygen atoms in total. The van der Waals surface area contributed by atoms with Crippen LogP contribution in [0.1, 0.15) is 42.4 Å². The Labute approximate surface area is 200 Å². The molecule has 7 heteroatoms. The monoisotopic (exact) mass is 463 g/mol. The van der Waals surface area contributed by atoms with Crippen LogP contribution in [0.25, 0.3) is 0 Å². The Hall–Kier alpha value is -3.19. The van der Waals surface area contributed by atoms with Gasteiger partial charge in [0.05, 0.1) is 6.04 Å². The van der Waals surface area contributed by atoms with Crippen LogP contribution in [0.2, 0.25) is 0 Å². The molecule has 34 heavy (non-hydrogen) atoms. The van der Waals surface area contributed by atoms with Crippen molar-refractivity contribution in [1.29, 1.82) is 0 Å². The van der Waals surface area contributed by atoms with Gasteiger partial charge in [0.15, 0.2) is 0 Å².